The minimum atomic E-state index is -0.421. The summed E-state index contributed by atoms with van der Waals surface area (Å²) < 4.78 is 2.25. The van der Waals surface area contributed by atoms with Crippen LogP contribution in [-0.4, -0.2) is 10.5 Å². The van der Waals surface area contributed by atoms with E-state index in [-0.39, 0.29) is 0 Å². The summed E-state index contributed by atoms with van der Waals surface area (Å²) in [5, 5.41) is 1.15. The van der Waals surface area contributed by atoms with Crippen molar-refractivity contribution >= 4 is 22.9 Å². The molecule has 0 saturated heterocycles. The lowest BCUT2D eigenvalue weighted by Gasteiger charge is -2.12. The van der Waals surface area contributed by atoms with Gasteiger partial charge >= 0.3 is 0 Å². The Labute approximate surface area is 107 Å². The summed E-state index contributed by atoms with van der Waals surface area (Å²) in [7, 11) is 0. The highest BCUT2D eigenvalue weighted by Gasteiger charge is 2.09. The number of fused-ring (bicyclic) bond motifs is 1. The number of hydrogen-bond acceptors (Lipinski definition) is 1. The third kappa shape index (κ3) is 2.30. The van der Waals surface area contributed by atoms with Crippen LogP contribution in [-0.2, 0) is 4.79 Å². The number of para-hydroxylation sites is 1. The van der Waals surface area contributed by atoms with Crippen LogP contribution >= 0.6 is 0 Å². The molecule has 2 N–H and O–H groups in total. The van der Waals surface area contributed by atoms with Crippen molar-refractivity contribution < 1.29 is 4.79 Å². The fraction of sp³-hybridized carbons (Fsp3) is 0.267. The predicted octanol–water partition coefficient (Wildman–Crippen LogP) is 3.11. The summed E-state index contributed by atoms with van der Waals surface area (Å²) in [5.41, 5.74) is 7.37. The van der Waals surface area contributed by atoms with Gasteiger partial charge in [0.05, 0.1) is 0 Å². The molecule has 1 heterocycles. The van der Waals surface area contributed by atoms with E-state index in [2.05, 4.69) is 36.7 Å². The van der Waals surface area contributed by atoms with Crippen LogP contribution in [0.1, 0.15) is 31.9 Å². The molecule has 2 rings (SSSR count). The normalized spacial score (nSPS) is 13.2. The molecule has 0 spiro atoms. The van der Waals surface area contributed by atoms with Gasteiger partial charge in [0.2, 0.25) is 5.91 Å². The molecule has 3 nitrogen and oxygen atoms in total. The third-order valence-corrected chi connectivity index (χ3v) is 3.26. The summed E-state index contributed by atoms with van der Waals surface area (Å²) in [6.07, 6.45) is 6.34. The fourth-order valence-electron chi connectivity index (χ4n) is 2.10. The van der Waals surface area contributed by atoms with Crippen molar-refractivity contribution in [3.8, 4) is 0 Å². The number of primary amides is 1. The molecule has 1 unspecified atom stereocenters. The second-order valence-electron chi connectivity index (χ2n) is 4.50. The number of amides is 1. The van der Waals surface area contributed by atoms with E-state index in [1.54, 1.807) is 6.08 Å². The standard InChI is InChI=1S/C15H18N2O/c1-3-11(2)17-10-12(8-9-15(16)18)13-6-4-5-7-14(13)17/h4-11H,3H2,1-2H3,(H2,16,18)/b9-8-. The number of aromatic nitrogens is 1. The number of nitrogens with zero attached hydrogens (tertiary/aromatic N) is 1. The van der Waals surface area contributed by atoms with Gasteiger partial charge in [-0.3, -0.25) is 4.79 Å². The van der Waals surface area contributed by atoms with E-state index in [0.29, 0.717) is 6.04 Å². The quantitative estimate of drug-likeness (QED) is 0.823. The zero-order valence-electron chi connectivity index (χ0n) is 10.8. The summed E-state index contributed by atoms with van der Waals surface area (Å²) >= 11 is 0. The van der Waals surface area contributed by atoms with Crippen molar-refractivity contribution in [2.24, 2.45) is 5.73 Å². The molecule has 1 aromatic carbocycles. The van der Waals surface area contributed by atoms with E-state index < -0.39 is 5.91 Å². The average Bonchev–Trinajstić information content (AvgIpc) is 2.74. The summed E-state index contributed by atoms with van der Waals surface area (Å²) in [6, 6.07) is 8.64. The number of carbonyl (C=O) groups is 1. The molecule has 1 aromatic heterocycles. The van der Waals surface area contributed by atoms with Gasteiger partial charge in [0.15, 0.2) is 0 Å². The maximum atomic E-state index is 10.8. The highest BCUT2D eigenvalue weighted by atomic mass is 16.1. The van der Waals surface area contributed by atoms with Crippen LogP contribution in [0.25, 0.3) is 17.0 Å². The minimum absolute atomic E-state index is 0.421. The number of rotatable bonds is 4. The van der Waals surface area contributed by atoms with Crippen LogP contribution in [0.2, 0.25) is 0 Å². The lowest BCUT2D eigenvalue weighted by Crippen LogP contribution is -2.05. The fourth-order valence-corrected chi connectivity index (χ4v) is 2.10. The Bertz CT molecular complexity index is 596. The van der Waals surface area contributed by atoms with E-state index >= 15 is 0 Å². The van der Waals surface area contributed by atoms with Crippen molar-refractivity contribution in [3.05, 3.63) is 42.1 Å². The Morgan fingerprint density at radius 2 is 2.17 bits per heavy atom. The highest BCUT2D eigenvalue weighted by molar-refractivity contribution is 5.95. The molecule has 3 heteroatoms. The van der Waals surface area contributed by atoms with Gasteiger partial charge in [-0.1, -0.05) is 25.1 Å². The van der Waals surface area contributed by atoms with E-state index in [1.807, 2.05) is 12.1 Å². The maximum Gasteiger partial charge on any atom is 0.241 e. The molecular formula is C15H18N2O. The Morgan fingerprint density at radius 1 is 1.44 bits per heavy atom. The third-order valence-electron chi connectivity index (χ3n) is 3.26. The van der Waals surface area contributed by atoms with E-state index in [4.69, 9.17) is 5.73 Å². The lowest BCUT2D eigenvalue weighted by atomic mass is 10.1. The number of hydrogen-bond donors (Lipinski definition) is 1. The zero-order valence-corrected chi connectivity index (χ0v) is 10.8. The monoisotopic (exact) mass is 242 g/mol. The Hall–Kier alpha value is -2.03. The Morgan fingerprint density at radius 3 is 2.83 bits per heavy atom. The second kappa shape index (κ2) is 5.08. The Kier molecular flexibility index (Phi) is 3.51. The number of carbonyl (C=O) groups excluding carboxylic acids is 1. The molecule has 1 atom stereocenters. The van der Waals surface area contributed by atoms with Crippen LogP contribution in [0.15, 0.2) is 36.5 Å². The molecule has 94 valence electrons. The van der Waals surface area contributed by atoms with Crippen LogP contribution < -0.4 is 5.73 Å². The molecule has 0 fully saturated rings. The van der Waals surface area contributed by atoms with E-state index in [9.17, 15) is 4.79 Å². The van der Waals surface area contributed by atoms with Crippen molar-refractivity contribution in [1.29, 1.82) is 0 Å². The van der Waals surface area contributed by atoms with Gasteiger partial charge < -0.3 is 10.3 Å². The van der Waals surface area contributed by atoms with E-state index in [1.165, 1.54) is 11.6 Å². The summed E-state index contributed by atoms with van der Waals surface area (Å²) in [4.78, 5) is 10.8. The molecule has 0 aliphatic carbocycles. The average molecular weight is 242 g/mol. The largest absolute Gasteiger partial charge is 0.366 e. The molecule has 2 aromatic rings. The van der Waals surface area contributed by atoms with Gasteiger partial charge in [0.25, 0.3) is 0 Å². The molecule has 0 radical (unpaired) electrons. The van der Waals surface area contributed by atoms with Crippen molar-refractivity contribution in [2.45, 2.75) is 26.3 Å². The lowest BCUT2D eigenvalue weighted by molar-refractivity contribution is -0.113. The molecule has 0 aliphatic rings. The topological polar surface area (TPSA) is 48.0 Å². The van der Waals surface area contributed by atoms with E-state index in [0.717, 1.165) is 17.4 Å². The van der Waals surface area contributed by atoms with Gasteiger partial charge in [0, 0.05) is 34.8 Å². The van der Waals surface area contributed by atoms with Crippen LogP contribution in [0.3, 0.4) is 0 Å². The van der Waals surface area contributed by atoms with Crippen LogP contribution in [0.4, 0.5) is 0 Å². The van der Waals surface area contributed by atoms with Gasteiger partial charge in [-0.05, 0) is 25.5 Å². The SMILES string of the molecule is CCC(C)n1cc(/C=C\C(N)=O)c2ccccc21. The highest BCUT2D eigenvalue weighted by Crippen LogP contribution is 2.26. The molecule has 0 bridgehead atoms. The molecular weight excluding hydrogens is 224 g/mol. The molecule has 1 amide bonds. The van der Waals surface area contributed by atoms with Crippen LogP contribution in [0, 0.1) is 0 Å². The van der Waals surface area contributed by atoms with Crippen molar-refractivity contribution in [2.75, 3.05) is 0 Å². The van der Waals surface area contributed by atoms with Gasteiger partial charge in [0.1, 0.15) is 0 Å². The van der Waals surface area contributed by atoms with Gasteiger partial charge in [-0.25, -0.2) is 0 Å². The zero-order chi connectivity index (χ0) is 13.1. The second-order valence-corrected chi connectivity index (χ2v) is 4.50. The first-order chi connectivity index (χ1) is 8.63. The Balaban J connectivity index is 2.57. The van der Waals surface area contributed by atoms with Gasteiger partial charge in [-0.2, -0.15) is 0 Å². The first-order valence-electron chi connectivity index (χ1n) is 6.20. The first kappa shape index (κ1) is 12.4. The number of nitrogens with two attached hydrogens (primary N) is 1. The van der Waals surface area contributed by atoms with Crippen molar-refractivity contribution in [3.63, 3.8) is 0 Å². The predicted molar refractivity (Wildman–Crippen MR) is 75.2 cm³/mol. The van der Waals surface area contributed by atoms with Crippen molar-refractivity contribution in [1.82, 2.24) is 4.57 Å². The first-order valence-corrected chi connectivity index (χ1v) is 6.20. The number of benzene rings is 1. The summed E-state index contributed by atoms with van der Waals surface area (Å²) in [6.45, 7) is 4.35. The maximum absolute atomic E-state index is 10.8. The van der Waals surface area contributed by atoms with Gasteiger partial charge in [-0.15, -0.1) is 0 Å². The van der Waals surface area contributed by atoms with Crippen LogP contribution in [0.5, 0.6) is 0 Å². The minimum Gasteiger partial charge on any atom is -0.366 e. The molecule has 0 saturated carbocycles. The molecule has 0 aliphatic heterocycles. The molecule has 18 heavy (non-hydrogen) atoms. The summed E-state index contributed by atoms with van der Waals surface area (Å²) in [5.74, 6) is -0.421. The smallest absolute Gasteiger partial charge is 0.241 e.